The van der Waals surface area contributed by atoms with Gasteiger partial charge in [0, 0.05) is 13.0 Å². The number of carbonyl (C=O) groups excluding carboxylic acids is 1. The molecule has 1 aromatic rings. The zero-order valence-electron chi connectivity index (χ0n) is 5.50. The van der Waals surface area contributed by atoms with Crippen LogP contribution in [-0.4, -0.2) is 23.0 Å². The number of hydrogen-bond donors (Lipinski definition) is 2. The smallest absolute Gasteiger partial charge is 0.121 e. The van der Waals surface area contributed by atoms with E-state index in [-0.39, 0.29) is 0 Å². The Morgan fingerprint density at radius 2 is 2.70 bits per heavy atom. The minimum absolute atomic E-state index is 0.527. The molecule has 0 spiro atoms. The van der Waals surface area contributed by atoms with Crippen LogP contribution in [0.1, 0.15) is 6.42 Å². The second-order valence-corrected chi connectivity index (χ2v) is 1.85. The van der Waals surface area contributed by atoms with Crippen molar-refractivity contribution >= 4 is 12.1 Å². The first-order chi connectivity index (χ1) is 4.93. The van der Waals surface area contributed by atoms with Crippen molar-refractivity contribution in [3.8, 4) is 0 Å². The summed E-state index contributed by atoms with van der Waals surface area (Å²) >= 11 is 0. The molecule has 54 valence electrons. The number of H-pyrrole nitrogens is 1. The maximum atomic E-state index is 9.87. The van der Waals surface area contributed by atoms with Crippen molar-refractivity contribution in [3.63, 3.8) is 0 Å². The average molecular weight is 139 g/mol. The largest absolute Gasteiger partial charge is 0.370 e. The van der Waals surface area contributed by atoms with Crippen LogP contribution >= 0.6 is 0 Å². The van der Waals surface area contributed by atoms with Crippen LogP contribution in [0.2, 0.25) is 0 Å². The fourth-order valence-corrected chi connectivity index (χ4v) is 0.620. The lowest BCUT2D eigenvalue weighted by atomic mass is 10.4. The number of nitrogens with zero attached hydrogens (tertiary/aromatic N) is 1. The van der Waals surface area contributed by atoms with Crippen molar-refractivity contribution in [2.24, 2.45) is 0 Å². The number of anilines is 1. The van der Waals surface area contributed by atoms with E-state index in [1.807, 2.05) is 6.07 Å². The minimum atomic E-state index is 0.527. The Morgan fingerprint density at radius 1 is 1.80 bits per heavy atom. The van der Waals surface area contributed by atoms with Crippen molar-refractivity contribution in [1.82, 2.24) is 10.2 Å². The summed E-state index contributed by atoms with van der Waals surface area (Å²) in [6.07, 6.45) is 3.06. The molecule has 0 amide bonds. The monoisotopic (exact) mass is 139 g/mol. The van der Waals surface area contributed by atoms with Gasteiger partial charge in [-0.2, -0.15) is 5.10 Å². The molecule has 0 bridgehead atoms. The molecule has 0 aliphatic rings. The molecule has 1 heterocycles. The van der Waals surface area contributed by atoms with E-state index in [2.05, 4.69) is 15.5 Å². The minimum Gasteiger partial charge on any atom is -0.370 e. The average Bonchev–Trinajstić information content (AvgIpc) is 2.41. The van der Waals surface area contributed by atoms with Gasteiger partial charge in [-0.15, -0.1) is 0 Å². The molecule has 0 saturated carbocycles. The third-order valence-corrected chi connectivity index (χ3v) is 1.08. The van der Waals surface area contributed by atoms with E-state index in [1.165, 1.54) is 0 Å². The molecule has 1 aromatic heterocycles. The summed E-state index contributed by atoms with van der Waals surface area (Å²) in [5.41, 5.74) is 0. The molecule has 0 aliphatic carbocycles. The van der Waals surface area contributed by atoms with Crippen molar-refractivity contribution in [3.05, 3.63) is 12.3 Å². The first kappa shape index (κ1) is 6.80. The van der Waals surface area contributed by atoms with Crippen molar-refractivity contribution in [2.75, 3.05) is 11.9 Å². The van der Waals surface area contributed by atoms with Crippen LogP contribution in [0, 0.1) is 0 Å². The van der Waals surface area contributed by atoms with Crippen molar-refractivity contribution < 1.29 is 4.79 Å². The maximum absolute atomic E-state index is 9.87. The Hall–Kier alpha value is -1.32. The van der Waals surface area contributed by atoms with E-state index < -0.39 is 0 Å². The zero-order valence-corrected chi connectivity index (χ0v) is 5.50. The van der Waals surface area contributed by atoms with E-state index >= 15 is 0 Å². The Kier molecular flexibility index (Phi) is 2.49. The predicted octanol–water partition coefficient (Wildman–Crippen LogP) is 0.411. The van der Waals surface area contributed by atoms with Gasteiger partial charge in [0.25, 0.3) is 0 Å². The van der Waals surface area contributed by atoms with Gasteiger partial charge >= 0.3 is 0 Å². The molecule has 0 atom stereocenters. The molecule has 2 N–H and O–H groups in total. The molecular weight excluding hydrogens is 130 g/mol. The number of aromatic amines is 1. The SMILES string of the molecule is O=CCCNc1ccn[nH]1. The summed E-state index contributed by atoms with van der Waals surface area (Å²) in [5, 5.41) is 9.42. The van der Waals surface area contributed by atoms with Gasteiger partial charge in [0.2, 0.25) is 0 Å². The number of nitrogens with one attached hydrogen (secondary N) is 2. The summed E-state index contributed by atoms with van der Waals surface area (Å²) in [6.45, 7) is 0.658. The van der Waals surface area contributed by atoms with E-state index in [1.54, 1.807) is 6.20 Å². The van der Waals surface area contributed by atoms with Crippen LogP contribution in [0.25, 0.3) is 0 Å². The fourth-order valence-electron chi connectivity index (χ4n) is 0.620. The molecule has 0 aliphatic heterocycles. The Morgan fingerprint density at radius 3 is 3.30 bits per heavy atom. The number of aromatic nitrogens is 2. The summed E-state index contributed by atoms with van der Waals surface area (Å²) in [4.78, 5) is 9.87. The fraction of sp³-hybridized carbons (Fsp3) is 0.333. The quantitative estimate of drug-likeness (QED) is 0.469. The highest BCUT2D eigenvalue weighted by Crippen LogP contribution is 1.96. The lowest BCUT2D eigenvalue weighted by Crippen LogP contribution is -2.01. The molecular formula is C6H9N3O. The Balaban J connectivity index is 2.21. The molecule has 0 fully saturated rings. The lowest BCUT2D eigenvalue weighted by Gasteiger charge is -1.96. The predicted molar refractivity (Wildman–Crippen MR) is 37.8 cm³/mol. The molecule has 1 rings (SSSR count). The molecule has 4 nitrogen and oxygen atoms in total. The van der Waals surface area contributed by atoms with Gasteiger partial charge in [0.05, 0.1) is 6.20 Å². The number of carbonyl (C=O) groups is 1. The van der Waals surface area contributed by atoms with Crippen LogP contribution < -0.4 is 5.32 Å². The summed E-state index contributed by atoms with van der Waals surface area (Å²) in [6, 6.07) is 1.81. The molecule has 4 heteroatoms. The molecule has 0 unspecified atom stereocenters. The van der Waals surface area contributed by atoms with Crippen LogP contribution in [0.3, 0.4) is 0 Å². The van der Waals surface area contributed by atoms with Gasteiger partial charge in [-0.05, 0) is 6.07 Å². The number of hydrogen-bond acceptors (Lipinski definition) is 3. The first-order valence-corrected chi connectivity index (χ1v) is 3.10. The van der Waals surface area contributed by atoms with Crippen molar-refractivity contribution in [2.45, 2.75) is 6.42 Å². The highest BCUT2D eigenvalue weighted by Gasteiger charge is 1.88. The highest BCUT2D eigenvalue weighted by molar-refractivity contribution is 5.50. The zero-order chi connectivity index (χ0) is 7.23. The van der Waals surface area contributed by atoms with E-state index in [0.717, 1.165) is 12.1 Å². The molecule has 10 heavy (non-hydrogen) atoms. The van der Waals surface area contributed by atoms with E-state index in [0.29, 0.717) is 13.0 Å². The maximum Gasteiger partial charge on any atom is 0.121 e. The van der Waals surface area contributed by atoms with Gasteiger partial charge < -0.3 is 10.1 Å². The molecule has 0 aromatic carbocycles. The van der Waals surface area contributed by atoms with Crippen LogP contribution in [0.4, 0.5) is 5.82 Å². The van der Waals surface area contributed by atoms with Gasteiger partial charge in [0.15, 0.2) is 0 Å². The van der Waals surface area contributed by atoms with Crippen LogP contribution in [0.15, 0.2) is 12.3 Å². The highest BCUT2D eigenvalue weighted by atomic mass is 16.1. The third kappa shape index (κ3) is 1.89. The second kappa shape index (κ2) is 3.66. The second-order valence-electron chi connectivity index (χ2n) is 1.85. The molecule has 0 saturated heterocycles. The summed E-state index contributed by atoms with van der Waals surface area (Å²) in [5.74, 6) is 0.849. The van der Waals surface area contributed by atoms with Gasteiger partial charge in [-0.25, -0.2) is 0 Å². The van der Waals surface area contributed by atoms with Crippen molar-refractivity contribution in [1.29, 1.82) is 0 Å². The normalized spacial score (nSPS) is 9.20. The summed E-state index contributed by atoms with van der Waals surface area (Å²) < 4.78 is 0. The molecule has 0 radical (unpaired) electrons. The Labute approximate surface area is 58.6 Å². The summed E-state index contributed by atoms with van der Waals surface area (Å²) in [7, 11) is 0. The van der Waals surface area contributed by atoms with Gasteiger partial charge in [-0.3, -0.25) is 5.10 Å². The number of rotatable bonds is 4. The lowest BCUT2D eigenvalue weighted by molar-refractivity contribution is -0.107. The van der Waals surface area contributed by atoms with Gasteiger partial charge in [0.1, 0.15) is 12.1 Å². The Bertz CT molecular complexity index is 183. The first-order valence-electron chi connectivity index (χ1n) is 3.10. The number of aldehydes is 1. The van der Waals surface area contributed by atoms with Crippen LogP contribution in [-0.2, 0) is 4.79 Å². The third-order valence-electron chi connectivity index (χ3n) is 1.08. The van der Waals surface area contributed by atoms with Gasteiger partial charge in [-0.1, -0.05) is 0 Å². The van der Waals surface area contributed by atoms with E-state index in [9.17, 15) is 4.79 Å². The van der Waals surface area contributed by atoms with Crippen LogP contribution in [0.5, 0.6) is 0 Å². The standard InChI is InChI=1S/C6H9N3O/c10-5-1-3-7-6-2-4-8-9-6/h2,4-5H,1,3H2,(H2,7,8,9). The van der Waals surface area contributed by atoms with E-state index in [4.69, 9.17) is 0 Å². The topological polar surface area (TPSA) is 57.8 Å².